The molecule has 0 unspecified atom stereocenters. The van der Waals surface area contributed by atoms with Gasteiger partial charge in [-0.25, -0.2) is 8.42 Å². The highest BCUT2D eigenvalue weighted by Crippen LogP contribution is 2.29. The Labute approximate surface area is 115 Å². The van der Waals surface area contributed by atoms with Crippen LogP contribution in [0.15, 0.2) is 33.7 Å². The van der Waals surface area contributed by atoms with E-state index in [2.05, 4.69) is 10.1 Å². The molecular formula is C12H13N3O4S. The minimum atomic E-state index is -3.46. The number of hydrogen-bond donors (Lipinski definition) is 1. The fourth-order valence-corrected chi connectivity index (χ4v) is 3.56. The van der Waals surface area contributed by atoms with E-state index in [4.69, 9.17) is 15.0 Å². The van der Waals surface area contributed by atoms with Crippen LogP contribution in [0, 0.1) is 0 Å². The van der Waals surface area contributed by atoms with Crippen LogP contribution in [0.5, 0.6) is 0 Å². The average molecular weight is 295 g/mol. The lowest BCUT2D eigenvalue weighted by molar-refractivity contribution is 0.0416. The maximum absolute atomic E-state index is 12.5. The molecular weight excluding hydrogens is 282 g/mol. The van der Waals surface area contributed by atoms with Gasteiger partial charge in [-0.05, 0) is 12.1 Å². The van der Waals surface area contributed by atoms with Crippen LogP contribution in [0.1, 0.15) is 5.89 Å². The molecule has 106 valence electrons. The van der Waals surface area contributed by atoms with Crippen molar-refractivity contribution in [2.45, 2.75) is 16.7 Å². The first-order valence-electron chi connectivity index (χ1n) is 6.06. The third-order valence-electron chi connectivity index (χ3n) is 3.12. The molecule has 8 heteroatoms. The molecule has 7 nitrogen and oxygen atoms in total. The monoisotopic (exact) mass is 295 g/mol. The molecule has 2 N–H and O–H groups in total. The van der Waals surface area contributed by atoms with Gasteiger partial charge >= 0.3 is 0 Å². The van der Waals surface area contributed by atoms with Gasteiger partial charge in [-0.3, -0.25) is 0 Å². The highest BCUT2D eigenvalue weighted by atomic mass is 32.2. The number of hydrogen-bond acceptors (Lipinski definition) is 7. The van der Waals surface area contributed by atoms with Crippen LogP contribution in [0.4, 0.5) is 0 Å². The summed E-state index contributed by atoms with van der Waals surface area (Å²) in [5.74, 6) is 0.490. The fourth-order valence-electron chi connectivity index (χ4n) is 1.92. The van der Waals surface area contributed by atoms with Gasteiger partial charge in [0.15, 0.2) is 9.84 Å². The molecule has 0 spiro atoms. The summed E-state index contributed by atoms with van der Waals surface area (Å²) in [6.07, 6.45) is 0. The van der Waals surface area contributed by atoms with E-state index in [0.717, 1.165) is 0 Å². The summed E-state index contributed by atoms with van der Waals surface area (Å²) >= 11 is 0. The van der Waals surface area contributed by atoms with Crippen LogP contribution in [0.25, 0.3) is 11.4 Å². The summed E-state index contributed by atoms with van der Waals surface area (Å²) in [6, 6.07) is 6.59. The molecule has 1 aliphatic rings. The molecule has 1 saturated heterocycles. The number of nitrogens with zero attached hydrogens (tertiary/aromatic N) is 2. The zero-order valence-electron chi connectivity index (χ0n) is 10.5. The maximum Gasteiger partial charge on any atom is 0.240 e. The molecule has 2 heterocycles. The Bertz CT molecular complexity index is 722. The molecule has 1 fully saturated rings. The normalized spacial score (nSPS) is 16.1. The molecule has 1 aromatic carbocycles. The number of ether oxygens (including phenoxy) is 1. The van der Waals surface area contributed by atoms with Crippen molar-refractivity contribution in [1.82, 2.24) is 10.1 Å². The van der Waals surface area contributed by atoms with Crippen molar-refractivity contribution < 1.29 is 17.7 Å². The summed E-state index contributed by atoms with van der Waals surface area (Å²) in [4.78, 5) is 4.27. The van der Waals surface area contributed by atoms with Crippen LogP contribution in [-0.2, 0) is 21.1 Å². The van der Waals surface area contributed by atoms with Crippen molar-refractivity contribution in [3.8, 4) is 11.4 Å². The highest BCUT2D eigenvalue weighted by Gasteiger charge is 2.36. The van der Waals surface area contributed by atoms with E-state index < -0.39 is 15.1 Å². The molecule has 1 aromatic heterocycles. The van der Waals surface area contributed by atoms with Crippen LogP contribution < -0.4 is 5.73 Å². The van der Waals surface area contributed by atoms with Gasteiger partial charge in [0, 0.05) is 5.56 Å². The van der Waals surface area contributed by atoms with Crippen molar-refractivity contribution >= 4 is 9.84 Å². The van der Waals surface area contributed by atoms with Gasteiger partial charge < -0.3 is 15.0 Å². The van der Waals surface area contributed by atoms with Gasteiger partial charge in [0.1, 0.15) is 5.25 Å². The Morgan fingerprint density at radius 1 is 1.30 bits per heavy atom. The molecule has 20 heavy (non-hydrogen) atoms. The second-order valence-corrected chi connectivity index (χ2v) is 6.61. The second kappa shape index (κ2) is 4.97. The van der Waals surface area contributed by atoms with Crippen molar-refractivity contribution in [1.29, 1.82) is 0 Å². The summed E-state index contributed by atoms with van der Waals surface area (Å²) in [6.45, 7) is 0.548. The van der Waals surface area contributed by atoms with Gasteiger partial charge in [0.25, 0.3) is 0 Å². The van der Waals surface area contributed by atoms with Gasteiger partial charge in [-0.1, -0.05) is 17.3 Å². The smallest absolute Gasteiger partial charge is 0.240 e. The van der Waals surface area contributed by atoms with Crippen LogP contribution in [0.3, 0.4) is 0 Å². The number of rotatable bonds is 4. The first kappa shape index (κ1) is 13.2. The molecule has 2 aromatic rings. The summed E-state index contributed by atoms with van der Waals surface area (Å²) in [5, 5.41) is 3.26. The molecule has 0 amide bonds. The number of benzene rings is 1. The Balaban J connectivity index is 2.08. The first-order valence-corrected chi connectivity index (χ1v) is 7.61. The van der Waals surface area contributed by atoms with Crippen molar-refractivity contribution in [3.63, 3.8) is 0 Å². The molecule has 0 aliphatic carbocycles. The fraction of sp³-hybridized carbons (Fsp3) is 0.333. The lowest BCUT2D eigenvalue weighted by atomic mass is 10.2. The predicted octanol–water partition coefficient (Wildman–Crippen LogP) is 0.368. The second-order valence-electron chi connectivity index (χ2n) is 4.42. The van der Waals surface area contributed by atoms with Crippen molar-refractivity contribution in [2.75, 3.05) is 13.2 Å². The van der Waals surface area contributed by atoms with Gasteiger partial charge in [0.05, 0.1) is 24.7 Å². The number of sulfone groups is 1. The van der Waals surface area contributed by atoms with Gasteiger partial charge in [-0.2, -0.15) is 4.98 Å². The van der Waals surface area contributed by atoms with E-state index in [1.807, 2.05) is 0 Å². The lowest BCUT2D eigenvalue weighted by Gasteiger charge is -2.26. The molecule has 0 atom stereocenters. The van der Waals surface area contributed by atoms with E-state index in [1.165, 1.54) is 0 Å². The Kier molecular flexibility index (Phi) is 3.28. The third-order valence-corrected chi connectivity index (χ3v) is 5.24. The average Bonchev–Trinajstić information content (AvgIpc) is 2.85. The van der Waals surface area contributed by atoms with Crippen LogP contribution in [0.2, 0.25) is 0 Å². The maximum atomic E-state index is 12.5. The predicted molar refractivity (Wildman–Crippen MR) is 69.4 cm³/mol. The molecule has 1 aliphatic heterocycles. The van der Waals surface area contributed by atoms with E-state index in [0.29, 0.717) is 5.56 Å². The first-order chi connectivity index (χ1) is 9.63. The molecule has 0 bridgehead atoms. The topological polar surface area (TPSA) is 108 Å². The van der Waals surface area contributed by atoms with Gasteiger partial charge in [0.2, 0.25) is 11.7 Å². The Morgan fingerprint density at radius 2 is 2.05 bits per heavy atom. The zero-order chi connectivity index (χ0) is 14.2. The van der Waals surface area contributed by atoms with Crippen LogP contribution in [-0.4, -0.2) is 37.0 Å². The molecule has 0 radical (unpaired) electrons. The van der Waals surface area contributed by atoms with Crippen LogP contribution >= 0.6 is 0 Å². The molecule has 3 rings (SSSR count). The zero-order valence-corrected chi connectivity index (χ0v) is 11.3. The summed E-state index contributed by atoms with van der Waals surface area (Å²) < 4.78 is 34.9. The molecule has 0 saturated carbocycles. The van der Waals surface area contributed by atoms with Gasteiger partial charge in [-0.15, -0.1) is 0 Å². The SMILES string of the molecule is NCc1nc(-c2ccccc2S(=O)(=O)C2COC2)no1. The lowest BCUT2D eigenvalue weighted by Crippen LogP contribution is -2.40. The minimum absolute atomic E-state index is 0.110. The summed E-state index contributed by atoms with van der Waals surface area (Å²) in [5.41, 5.74) is 5.83. The Morgan fingerprint density at radius 3 is 2.65 bits per heavy atom. The van der Waals surface area contributed by atoms with E-state index >= 15 is 0 Å². The van der Waals surface area contributed by atoms with E-state index in [-0.39, 0.29) is 36.4 Å². The quantitative estimate of drug-likeness (QED) is 0.867. The van der Waals surface area contributed by atoms with Crippen molar-refractivity contribution in [2.24, 2.45) is 5.73 Å². The minimum Gasteiger partial charge on any atom is -0.379 e. The van der Waals surface area contributed by atoms with Crippen molar-refractivity contribution in [3.05, 3.63) is 30.2 Å². The third kappa shape index (κ3) is 2.11. The summed E-state index contributed by atoms with van der Waals surface area (Å²) in [7, 11) is -3.46. The highest BCUT2D eigenvalue weighted by molar-refractivity contribution is 7.92. The van der Waals surface area contributed by atoms with E-state index in [9.17, 15) is 8.42 Å². The number of aromatic nitrogens is 2. The Hall–Kier alpha value is -1.77. The van der Waals surface area contributed by atoms with E-state index in [1.54, 1.807) is 24.3 Å². The standard InChI is InChI=1S/C12H13N3O4S/c13-5-11-14-12(15-19-11)9-3-1-2-4-10(9)20(16,17)8-6-18-7-8/h1-4,8H,5-7,13H2. The largest absolute Gasteiger partial charge is 0.379 e. The number of nitrogens with two attached hydrogens (primary N) is 1.